The molecule has 0 aromatic carbocycles. The van der Waals surface area contributed by atoms with Crippen LogP contribution in [0.5, 0.6) is 0 Å². The maximum atomic E-state index is 10.9. The minimum atomic E-state index is -2.31. The number of hydrogen-bond donors (Lipinski definition) is 0. The van der Waals surface area contributed by atoms with E-state index in [4.69, 9.17) is 9.05 Å². The van der Waals surface area contributed by atoms with Crippen LogP contribution in [0.1, 0.15) is 0 Å². The van der Waals surface area contributed by atoms with Crippen LogP contribution in [0, 0.1) is 0 Å². The molecule has 0 spiro atoms. The summed E-state index contributed by atoms with van der Waals surface area (Å²) in [6.07, 6.45) is 0. The first-order valence-electron chi connectivity index (χ1n) is 3.61. The van der Waals surface area contributed by atoms with E-state index in [1.54, 1.807) is 9.80 Å². The van der Waals surface area contributed by atoms with E-state index in [1.165, 1.54) is 0 Å². The van der Waals surface area contributed by atoms with Crippen LogP contribution in [0.15, 0.2) is 0 Å². The van der Waals surface area contributed by atoms with Crippen molar-refractivity contribution in [3.8, 4) is 0 Å². The van der Waals surface area contributed by atoms with Gasteiger partial charge >= 0.3 is 8.25 Å². The molecular weight excluding hydrogens is 179 g/mol. The molecule has 74 valence electrons. The Bertz CT molecular complexity index is 127. The quantitative estimate of drug-likeness (QED) is 0.455. The first-order valence-corrected chi connectivity index (χ1v) is 4.84. The van der Waals surface area contributed by atoms with E-state index in [0.717, 1.165) is 0 Å². The second-order valence-electron chi connectivity index (χ2n) is 2.96. The normalized spacial score (nSPS) is 11.9. The van der Waals surface area contributed by atoms with Crippen molar-refractivity contribution in [2.24, 2.45) is 0 Å². The van der Waals surface area contributed by atoms with Crippen molar-refractivity contribution < 1.29 is 13.6 Å². The van der Waals surface area contributed by atoms with Gasteiger partial charge in [-0.15, -0.1) is 0 Å². The van der Waals surface area contributed by atoms with Gasteiger partial charge in [0, 0.05) is 0 Å². The fourth-order valence-electron chi connectivity index (χ4n) is 0.405. The Morgan fingerprint density at radius 3 is 1.58 bits per heavy atom. The standard InChI is InChI=1S/C6H17N2O3P/c1-7(2)5-10-12(9)11-6-8(3)4/h12H,5-6H2,1-4H3. The Morgan fingerprint density at radius 1 is 1.00 bits per heavy atom. The summed E-state index contributed by atoms with van der Waals surface area (Å²) < 4.78 is 20.7. The average Bonchev–Trinajstić information content (AvgIpc) is 1.96. The lowest BCUT2D eigenvalue weighted by Crippen LogP contribution is -2.16. The van der Waals surface area contributed by atoms with E-state index in [-0.39, 0.29) is 0 Å². The van der Waals surface area contributed by atoms with E-state index < -0.39 is 8.25 Å². The molecule has 0 aliphatic carbocycles. The molecule has 0 aromatic heterocycles. The summed E-state index contributed by atoms with van der Waals surface area (Å²) >= 11 is 0. The van der Waals surface area contributed by atoms with Crippen molar-refractivity contribution in [3.05, 3.63) is 0 Å². The predicted octanol–water partition coefficient (Wildman–Crippen LogP) is 0.447. The zero-order valence-electron chi connectivity index (χ0n) is 8.03. The van der Waals surface area contributed by atoms with Crippen LogP contribution in [-0.4, -0.2) is 51.5 Å². The van der Waals surface area contributed by atoms with E-state index in [9.17, 15) is 4.57 Å². The molecule has 0 aliphatic rings. The molecule has 0 rings (SSSR count). The predicted molar refractivity (Wildman–Crippen MR) is 48.3 cm³/mol. The highest BCUT2D eigenvalue weighted by molar-refractivity contribution is 7.33. The molecule has 0 aliphatic heterocycles. The van der Waals surface area contributed by atoms with E-state index in [0.29, 0.717) is 13.5 Å². The topological polar surface area (TPSA) is 42.0 Å². The largest absolute Gasteiger partial charge is 0.321 e. The van der Waals surface area contributed by atoms with Crippen molar-refractivity contribution in [3.63, 3.8) is 0 Å². The summed E-state index contributed by atoms with van der Waals surface area (Å²) in [4.78, 5) is 3.56. The SMILES string of the molecule is CN(C)CO[PH](=O)OCN(C)C. The summed E-state index contributed by atoms with van der Waals surface area (Å²) in [5.41, 5.74) is 0. The Morgan fingerprint density at radius 2 is 1.33 bits per heavy atom. The van der Waals surface area contributed by atoms with Crippen molar-refractivity contribution in [1.29, 1.82) is 0 Å². The van der Waals surface area contributed by atoms with Crippen LogP contribution in [0.2, 0.25) is 0 Å². The van der Waals surface area contributed by atoms with Crippen LogP contribution in [0.25, 0.3) is 0 Å². The van der Waals surface area contributed by atoms with Gasteiger partial charge in [-0.1, -0.05) is 0 Å². The summed E-state index contributed by atoms with van der Waals surface area (Å²) in [6, 6.07) is 0. The van der Waals surface area contributed by atoms with Gasteiger partial charge in [0.25, 0.3) is 0 Å². The highest BCUT2D eigenvalue weighted by Gasteiger charge is 2.00. The summed E-state index contributed by atoms with van der Waals surface area (Å²) in [5, 5.41) is 0. The maximum Gasteiger partial charge on any atom is 0.321 e. The zero-order valence-corrected chi connectivity index (χ0v) is 9.03. The Hall–Kier alpha value is 0.0700. The van der Waals surface area contributed by atoms with Gasteiger partial charge in [0.15, 0.2) is 0 Å². The average molecular weight is 196 g/mol. The van der Waals surface area contributed by atoms with Crippen LogP contribution in [0.3, 0.4) is 0 Å². The van der Waals surface area contributed by atoms with Crippen molar-refractivity contribution in [1.82, 2.24) is 9.80 Å². The van der Waals surface area contributed by atoms with E-state index >= 15 is 0 Å². The van der Waals surface area contributed by atoms with Gasteiger partial charge in [-0.05, 0) is 28.2 Å². The van der Waals surface area contributed by atoms with Gasteiger partial charge in [0.2, 0.25) is 0 Å². The summed E-state index contributed by atoms with van der Waals surface area (Å²) in [7, 11) is 5.02. The summed E-state index contributed by atoms with van der Waals surface area (Å²) in [5.74, 6) is 0. The monoisotopic (exact) mass is 196 g/mol. The number of nitrogens with zero attached hydrogens (tertiary/aromatic N) is 2. The van der Waals surface area contributed by atoms with E-state index in [2.05, 4.69) is 0 Å². The molecule has 0 bridgehead atoms. The minimum absolute atomic E-state index is 0.325. The molecule has 0 heterocycles. The van der Waals surface area contributed by atoms with Crippen molar-refractivity contribution >= 4 is 8.25 Å². The summed E-state index contributed by atoms with van der Waals surface area (Å²) in [6.45, 7) is 0.649. The van der Waals surface area contributed by atoms with Gasteiger partial charge in [0.1, 0.15) is 13.5 Å². The van der Waals surface area contributed by atoms with Crippen LogP contribution in [0.4, 0.5) is 0 Å². The molecule has 0 fully saturated rings. The lowest BCUT2D eigenvalue weighted by Gasteiger charge is -2.12. The Balaban J connectivity index is 3.34. The van der Waals surface area contributed by atoms with Gasteiger partial charge in [0.05, 0.1) is 0 Å². The van der Waals surface area contributed by atoms with Gasteiger partial charge in [-0.25, -0.2) is 0 Å². The second kappa shape index (κ2) is 6.57. The molecule has 0 unspecified atom stereocenters. The molecule has 5 nitrogen and oxygen atoms in total. The second-order valence-corrected chi connectivity index (χ2v) is 4.03. The van der Waals surface area contributed by atoms with E-state index in [1.807, 2.05) is 28.2 Å². The molecule has 0 atom stereocenters. The molecule has 0 aromatic rings. The van der Waals surface area contributed by atoms with Crippen molar-refractivity contribution in [2.75, 3.05) is 41.7 Å². The van der Waals surface area contributed by atoms with Gasteiger partial charge in [-0.3, -0.25) is 23.4 Å². The zero-order chi connectivity index (χ0) is 9.56. The van der Waals surface area contributed by atoms with Gasteiger partial charge in [-0.2, -0.15) is 0 Å². The number of hydrogen-bond acceptors (Lipinski definition) is 5. The lowest BCUT2D eigenvalue weighted by molar-refractivity contribution is 0.120. The minimum Gasteiger partial charge on any atom is -0.295 e. The molecule has 12 heavy (non-hydrogen) atoms. The highest BCUT2D eigenvalue weighted by Crippen LogP contribution is 2.22. The Labute approximate surface area is 74.2 Å². The first-order chi connectivity index (χ1) is 5.52. The maximum absolute atomic E-state index is 10.9. The third kappa shape index (κ3) is 8.17. The lowest BCUT2D eigenvalue weighted by atomic mass is 11.0. The molecule has 6 heteroatoms. The van der Waals surface area contributed by atoms with Crippen LogP contribution in [-0.2, 0) is 13.6 Å². The fraction of sp³-hybridized carbons (Fsp3) is 1.00. The van der Waals surface area contributed by atoms with Gasteiger partial charge < -0.3 is 0 Å². The first kappa shape index (κ1) is 12.1. The third-order valence-electron chi connectivity index (χ3n) is 0.881. The molecule has 0 amide bonds. The number of rotatable bonds is 6. The van der Waals surface area contributed by atoms with Crippen molar-refractivity contribution in [2.45, 2.75) is 0 Å². The molecular formula is C6H17N2O3P. The Kier molecular flexibility index (Phi) is 6.61. The fourth-order valence-corrected chi connectivity index (χ4v) is 1.22. The molecule has 0 N–H and O–H groups in total. The van der Waals surface area contributed by atoms with Crippen LogP contribution >= 0.6 is 8.25 Å². The highest BCUT2D eigenvalue weighted by atomic mass is 31.1. The molecule has 0 saturated heterocycles. The third-order valence-corrected chi connectivity index (χ3v) is 1.61. The molecule has 0 radical (unpaired) electrons. The smallest absolute Gasteiger partial charge is 0.295 e. The molecule has 0 saturated carbocycles. The van der Waals surface area contributed by atoms with Crippen LogP contribution < -0.4 is 0 Å².